The Labute approximate surface area is 90.1 Å². The van der Waals surface area contributed by atoms with E-state index in [1.165, 1.54) is 0 Å². The Morgan fingerprint density at radius 2 is 2.50 bits per heavy atom. The molecule has 4 heteroatoms. The molecule has 1 saturated heterocycles. The molecule has 1 aliphatic heterocycles. The van der Waals surface area contributed by atoms with E-state index < -0.39 is 0 Å². The predicted molar refractivity (Wildman–Crippen MR) is 56.5 cm³/mol. The zero-order valence-electron chi connectivity index (χ0n) is 8.59. The number of rotatable bonds is 5. The lowest BCUT2D eigenvalue weighted by Gasteiger charge is -2.16. The summed E-state index contributed by atoms with van der Waals surface area (Å²) in [6.45, 7) is 2.72. The van der Waals surface area contributed by atoms with Crippen molar-refractivity contribution in [2.75, 3.05) is 12.5 Å². The summed E-state index contributed by atoms with van der Waals surface area (Å²) in [7, 11) is 0. The van der Waals surface area contributed by atoms with Gasteiger partial charge in [0.15, 0.2) is 0 Å². The molecule has 1 fully saturated rings. The van der Waals surface area contributed by atoms with Gasteiger partial charge in [-0.25, -0.2) is 0 Å². The van der Waals surface area contributed by atoms with Crippen LogP contribution in [0.2, 0.25) is 0 Å². The molecule has 2 unspecified atom stereocenters. The Bertz CT molecular complexity index is 181. The van der Waals surface area contributed by atoms with Gasteiger partial charge >= 0.3 is 0 Å². The monoisotopic (exact) mass is 219 g/mol. The highest BCUT2D eigenvalue weighted by Crippen LogP contribution is 2.12. The molecule has 0 bridgehead atoms. The minimum atomic E-state index is -0.214. The summed E-state index contributed by atoms with van der Waals surface area (Å²) < 4.78 is 5.28. The number of carbonyl (C=O) groups excluding carboxylic acids is 1. The van der Waals surface area contributed by atoms with E-state index in [2.05, 4.69) is 5.32 Å². The molecule has 0 aromatic heterocycles. The fourth-order valence-electron chi connectivity index (χ4n) is 1.58. The van der Waals surface area contributed by atoms with Crippen molar-refractivity contribution in [3.05, 3.63) is 0 Å². The maximum absolute atomic E-state index is 11.5. The van der Waals surface area contributed by atoms with E-state index in [0.29, 0.717) is 12.5 Å². The number of alkyl halides is 1. The van der Waals surface area contributed by atoms with Gasteiger partial charge in [-0.3, -0.25) is 4.79 Å². The van der Waals surface area contributed by atoms with Crippen LogP contribution in [-0.4, -0.2) is 30.5 Å². The molecule has 0 saturated carbocycles. The summed E-state index contributed by atoms with van der Waals surface area (Å²) in [5.41, 5.74) is 0. The fourth-order valence-corrected chi connectivity index (χ4v) is 1.73. The van der Waals surface area contributed by atoms with Crippen LogP contribution in [0.3, 0.4) is 0 Å². The minimum absolute atomic E-state index is 0.0320. The Balaban J connectivity index is 2.18. The minimum Gasteiger partial charge on any atom is -0.368 e. The largest absolute Gasteiger partial charge is 0.368 e. The number of amides is 1. The first-order valence-electron chi connectivity index (χ1n) is 5.22. The second-order valence-electron chi connectivity index (χ2n) is 3.74. The van der Waals surface area contributed by atoms with Gasteiger partial charge in [0.2, 0.25) is 5.91 Å². The van der Waals surface area contributed by atoms with Gasteiger partial charge in [0.1, 0.15) is 6.10 Å². The molecule has 1 N–H and O–H groups in total. The normalized spacial score (nSPS) is 23.4. The Morgan fingerprint density at radius 1 is 1.71 bits per heavy atom. The van der Waals surface area contributed by atoms with Crippen LogP contribution >= 0.6 is 11.6 Å². The summed E-state index contributed by atoms with van der Waals surface area (Å²) in [6.07, 6.45) is 3.51. The lowest BCUT2D eigenvalue weighted by molar-refractivity contribution is -0.130. The van der Waals surface area contributed by atoms with Gasteiger partial charge in [-0.05, 0) is 32.6 Å². The van der Waals surface area contributed by atoms with Crippen LogP contribution in [0, 0.1) is 0 Å². The molecule has 0 aliphatic carbocycles. The number of halogens is 1. The van der Waals surface area contributed by atoms with E-state index in [1.807, 2.05) is 6.92 Å². The molecule has 14 heavy (non-hydrogen) atoms. The van der Waals surface area contributed by atoms with Gasteiger partial charge in [0, 0.05) is 18.5 Å². The maximum atomic E-state index is 11.5. The topological polar surface area (TPSA) is 38.3 Å². The molecule has 0 radical (unpaired) electrons. The van der Waals surface area contributed by atoms with E-state index in [-0.39, 0.29) is 18.1 Å². The van der Waals surface area contributed by atoms with E-state index in [0.717, 1.165) is 25.7 Å². The van der Waals surface area contributed by atoms with Crippen LogP contribution in [0.25, 0.3) is 0 Å². The van der Waals surface area contributed by atoms with Gasteiger partial charge in [-0.2, -0.15) is 0 Å². The molecular weight excluding hydrogens is 202 g/mol. The van der Waals surface area contributed by atoms with Crippen molar-refractivity contribution in [3.8, 4) is 0 Å². The number of nitrogens with one attached hydrogen (secondary N) is 1. The third kappa shape index (κ3) is 3.84. The number of hydrogen-bond donors (Lipinski definition) is 1. The molecule has 0 aromatic rings. The summed E-state index contributed by atoms with van der Waals surface area (Å²) in [5.74, 6) is 0.685. The van der Waals surface area contributed by atoms with E-state index in [9.17, 15) is 4.79 Å². The fraction of sp³-hybridized carbons (Fsp3) is 0.900. The first-order chi connectivity index (χ1) is 6.74. The quantitative estimate of drug-likeness (QED) is 0.715. The van der Waals surface area contributed by atoms with Crippen molar-refractivity contribution in [2.24, 2.45) is 0 Å². The SMILES string of the molecule is CC(CCCCl)NC(=O)C1CCCO1. The number of hydrogen-bond acceptors (Lipinski definition) is 2. The summed E-state index contributed by atoms with van der Waals surface area (Å²) in [4.78, 5) is 11.5. The van der Waals surface area contributed by atoms with Gasteiger partial charge in [-0.15, -0.1) is 11.6 Å². The smallest absolute Gasteiger partial charge is 0.249 e. The summed E-state index contributed by atoms with van der Waals surface area (Å²) in [6, 6.07) is 0.199. The summed E-state index contributed by atoms with van der Waals surface area (Å²) >= 11 is 5.57. The van der Waals surface area contributed by atoms with Crippen LogP contribution in [-0.2, 0) is 9.53 Å². The highest BCUT2D eigenvalue weighted by Gasteiger charge is 2.24. The predicted octanol–water partition coefficient (Wildman–Crippen LogP) is 1.69. The van der Waals surface area contributed by atoms with E-state index in [4.69, 9.17) is 16.3 Å². The molecule has 1 amide bonds. The second kappa shape index (κ2) is 6.25. The van der Waals surface area contributed by atoms with Crippen molar-refractivity contribution in [3.63, 3.8) is 0 Å². The molecule has 1 aliphatic rings. The Kier molecular flexibility index (Phi) is 5.26. The van der Waals surface area contributed by atoms with Gasteiger partial charge < -0.3 is 10.1 Å². The number of ether oxygens (including phenoxy) is 1. The molecule has 0 spiro atoms. The number of carbonyl (C=O) groups is 1. The molecule has 2 atom stereocenters. The molecule has 82 valence electrons. The Morgan fingerprint density at radius 3 is 3.07 bits per heavy atom. The lowest BCUT2D eigenvalue weighted by Crippen LogP contribution is -2.39. The first kappa shape index (κ1) is 11.8. The van der Waals surface area contributed by atoms with Gasteiger partial charge in [-0.1, -0.05) is 0 Å². The van der Waals surface area contributed by atoms with Crippen LogP contribution < -0.4 is 5.32 Å². The van der Waals surface area contributed by atoms with E-state index in [1.54, 1.807) is 0 Å². The summed E-state index contributed by atoms with van der Waals surface area (Å²) in [5, 5.41) is 2.93. The van der Waals surface area contributed by atoms with Crippen molar-refractivity contribution in [2.45, 2.75) is 44.8 Å². The van der Waals surface area contributed by atoms with Crippen molar-refractivity contribution >= 4 is 17.5 Å². The highest BCUT2D eigenvalue weighted by atomic mass is 35.5. The zero-order chi connectivity index (χ0) is 10.4. The van der Waals surface area contributed by atoms with Crippen molar-refractivity contribution < 1.29 is 9.53 Å². The average Bonchev–Trinajstić information content (AvgIpc) is 2.67. The zero-order valence-corrected chi connectivity index (χ0v) is 9.35. The van der Waals surface area contributed by atoms with Crippen LogP contribution in [0.4, 0.5) is 0 Å². The van der Waals surface area contributed by atoms with Crippen molar-refractivity contribution in [1.82, 2.24) is 5.32 Å². The molecule has 1 rings (SSSR count). The third-order valence-electron chi connectivity index (χ3n) is 2.38. The maximum Gasteiger partial charge on any atom is 0.249 e. The van der Waals surface area contributed by atoms with E-state index >= 15 is 0 Å². The lowest BCUT2D eigenvalue weighted by atomic mass is 10.1. The van der Waals surface area contributed by atoms with Crippen LogP contribution in [0.5, 0.6) is 0 Å². The van der Waals surface area contributed by atoms with Gasteiger partial charge in [0.05, 0.1) is 0 Å². The molecule has 0 aromatic carbocycles. The third-order valence-corrected chi connectivity index (χ3v) is 2.65. The van der Waals surface area contributed by atoms with Gasteiger partial charge in [0.25, 0.3) is 0 Å². The average molecular weight is 220 g/mol. The van der Waals surface area contributed by atoms with Crippen LogP contribution in [0.15, 0.2) is 0 Å². The van der Waals surface area contributed by atoms with Crippen molar-refractivity contribution in [1.29, 1.82) is 0 Å². The highest BCUT2D eigenvalue weighted by molar-refractivity contribution is 6.17. The molecular formula is C10H18ClNO2. The second-order valence-corrected chi connectivity index (χ2v) is 4.12. The Hall–Kier alpha value is -0.280. The first-order valence-corrected chi connectivity index (χ1v) is 5.75. The standard InChI is InChI=1S/C10H18ClNO2/c1-8(4-2-6-11)12-10(13)9-5-3-7-14-9/h8-9H,2-7H2,1H3,(H,12,13). The molecule has 1 heterocycles. The molecule has 3 nitrogen and oxygen atoms in total. The van der Waals surface area contributed by atoms with Crippen LogP contribution in [0.1, 0.15) is 32.6 Å².